The Hall–Kier alpha value is -1.40. The smallest absolute Gasteiger partial charge is 0.249 e. The van der Waals surface area contributed by atoms with Gasteiger partial charge >= 0.3 is 0 Å². The summed E-state index contributed by atoms with van der Waals surface area (Å²) < 4.78 is 7.20. The second-order valence-electron chi connectivity index (χ2n) is 5.96. The van der Waals surface area contributed by atoms with Gasteiger partial charge in [-0.2, -0.15) is 0 Å². The normalized spacial score (nSPS) is 18.4. The molecule has 1 amide bonds. The first-order valence-electron chi connectivity index (χ1n) is 7.48. The lowest BCUT2D eigenvalue weighted by Crippen LogP contribution is -2.43. The number of carbonyl (C=O) groups is 1. The highest BCUT2D eigenvalue weighted by Gasteiger charge is 2.30. The molecule has 1 aliphatic heterocycles. The van der Waals surface area contributed by atoms with E-state index in [1.54, 1.807) is 7.11 Å². The monoisotopic (exact) mass is 294 g/mol. The third-order valence-corrected chi connectivity index (χ3v) is 4.26. The van der Waals surface area contributed by atoms with Crippen molar-refractivity contribution in [3.05, 3.63) is 17.7 Å². The van der Waals surface area contributed by atoms with E-state index in [1.165, 1.54) is 5.69 Å². The van der Waals surface area contributed by atoms with Crippen molar-refractivity contribution in [2.45, 2.75) is 45.9 Å². The number of carbonyl (C=O) groups excluding carboxylic acids is 1. The number of aromatic nitrogens is 2. The zero-order chi connectivity index (χ0) is 15.6. The van der Waals surface area contributed by atoms with Crippen molar-refractivity contribution in [1.29, 1.82) is 0 Å². The standard InChI is InChI=1S/C15H26N4O2/c1-11(2)17(4)9-13-8-16-15-12(3)18(6-7-19(13)15)14(20)10-21-5/h8,11-12H,6-7,9-10H2,1-5H3. The Kier molecular flexibility index (Phi) is 5.00. The van der Waals surface area contributed by atoms with Crippen molar-refractivity contribution >= 4 is 5.91 Å². The van der Waals surface area contributed by atoms with E-state index < -0.39 is 0 Å². The van der Waals surface area contributed by atoms with Crippen LogP contribution in [-0.4, -0.2) is 58.6 Å². The number of hydrogen-bond donors (Lipinski definition) is 0. The minimum Gasteiger partial charge on any atom is -0.375 e. The molecule has 1 unspecified atom stereocenters. The number of nitrogens with zero attached hydrogens (tertiary/aromatic N) is 4. The van der Waals surface area contributed by atoms with E-state index in [-0.39, 0.29) is 18.6 Å². The summed E-state index contributed by atoms with van der Waals surface area (Å²) in [5.41, 5.74) is 1.21. The van der Waals surface area contributed by atoms with E-state index in [0.29, 0.717) is 12.6 Å². The number of hydrogen-bond acceptors (Lipinski definition) is 4. The van der Waals surface area contributed by atoms with Crippen LogP contribution < -0.4 is 0 Å². The number of amides is 1. The van der Waals surface area contributed by atoms with Crippen molar-refractivity contribution in [2.75, 3.05) is 27.3 Å². The van der Waals surface area contributed by atoms with Crippen LogP contribution in [0.1, 0.15) is 38.3 Å². The molecule has 0 saturated heterocycles. The zero-order valence-corrected chi connectivity index (χ0v) is 13.7. The number of fused-ring (bicyclic) bond motifs is 1. The van der Waals surface area contributed by atoms with E-state index in [2.05, 4.69) is 35.3 Å². The quantitative estimate of drug-likeness (QED) is 0.821. The van der Waals surface area contributed by atoms with E-state index in [1.807, 2.05) is 18.0 Å². The Morgan fingerprint density at radius 1 is 1.52 bits per heavy atom. The van der Waals surface area contributed by atoms with Crippen molar-refractivity contribution in [1.82, 2.24) is 19.4 Å². The lowest BCUT2D eigenvalue weighted by Gasteiger charge is -2.34. The van der Waals surface area contributed by atoms with Gasteiger partial charge in [-0.15, -0.1) is 0 Å². The molecule has 2 rings (SSSR count). The Morgan fingerprint density at radius 2 is 2.24 bits per heavy atom. The molecule has 1 aromatic heterocycles. The fraction of sp³-hybridized carbons (Fsp3) is 0.733. The summed E-state index contributed by atoms with van der Waals surface area (Å²) in [5.74, 6) is 0.998. The van der Waals surface area contributed by atoms with Gasteiger partial charge in [0.05, 0.1) is 11.7 Å². The molecule has 0 N–H and O–H groups in total. The summed E-state index contributed by atoms with van der Waals surface area (Å²) >= 11 is 0. The molecule has 0 aliphatic carbocycles. The fourth-order valence-corrected chi connectivity index (χ4v) is 2.67. The minimum atomic E-state index is -0.000457. The van der Waals surface area contributed by atoms with Crippen LogP contribution in [0.2, 0.25) is 0 Å². The summed E-state index contributed by atoms with van der Waals surface area (Å²) in [4.78, 5) is 20.7. The van der Waals surface area contributed by atoms with Crippen LogP contribution in [0.15, 0.2) is 6.20 Å². The number of ether oxygens (including phenoxy) is 1. The second-order valence-corrected chi connectivity index (χ2v) is 5.96. The van der Waals surface area contributed by atoms with E-state index >= 15 is 0 Å². The summed E-state index contributed by atoms with van der Waals surface area (Å²) in [6.07, 6.45) is 1.94. The Balaban J connectivity index is 2.15. The average Bonchev–Trinajstić information content (AvgIpc) is 2.83. The van der Waals surface area contributed by atoms with Crippen molar-refractivity contribution in [3.63, 3.8) is 0 Å². The molecule has 0 aromatic carbocycles. The van der Waals surface area contributed by atoms with Crippen LogP contribution in [0, 0.1) is 0 Å². The molecule has 0 bridgehead atoms. The highest BCUT2D eigenvalue weighted by Crippen LogP contribution is 2.25. The van der Waals surface area contributed by atoms with Gasteiger partial charge in [0.15, 0.2) is 0 Å². The van der Waals surface area contributed by atoms with Crippen LogP contribution in [0.5, 0.6) is 0 Å². The molecular formula is C15H26N4O2. The van der Waals surface area contributed by atoms with Gasteiger partial charge in [-0.05, 0) is 27.8 Å². The van der Waals surface area contributed by atoms with Gasteiger partial charge in [-0.1, -0.05) is 0 Å². The van der Waals surface area contributed by atoms with Gasteiger partial charge in [0, 0.05) is 39.0 Å². The van der Waals surface area contributed by atoms with Gasteiger partial charge in [0.2, 0.25) is 5.91 Å². The third kappa shape index (κ3) is 3.27. The zero-order valence-electron chi connectivity index (χ0n) is 13.7. The number of rotatable bonds is 5. The minimum absolute atomic E-state index is 0.000457. The van der Waals surface area contributed by atoms with Gasteiger partial charge < -0.3 is 14.2 Å². The molecule has 0 fully saturated rings. The molecular weight excluding hydrogens is 268 g/mol. The van der Waals surface area contributed by atoms with Crippen LogP contribution in [0.4, 0.5) is 0 Å². The molecule has 6 heteroatoms. The second kappa shape index (κ2) is 6.58. The summed E-state index contributed by atoms with van der Waals surface area (Å²) in [6, 6.07) is 0.497. The molecule has 0 spiro atoms. The van der Waals surface area contributed by atoms with E-state index in [0.717, 1.165) is 18.9 Å². The van der Waals surface area contributed by atoms with Crippen molar-refractivity contribution in [2.24, 2.45) is 0 Å². The largest absolute Gasteiger partial charge is 0.375 e. The molecule has 0 saturated carbocycles. The first-order valence-corrected chi connectivity index (χ1v) is 7.48. The molecule has 118 valence electrons. The summed E-state index contributed by atoms with van der Waals surface area (Å²) in [5, 5.41) is 0. The third-order valence-electron chi connectivity index (χ3n) is 4.26. The molecule has 6 nitrogen and oxygen atoms in total. The van der Waals surface area contributed by atoms with E-state index in [4.69, 9.17) is 4.74 Å². The van der Waals surface area contributed by atoms with Crippen LogP contribution in [0.3, 0.4) is 0 Å². The van der Waals surface area contributed by atoms with Crippen molar-refractivity contribution < 1.29 is 9.53 Å². The maximum absolute atomic E-state index is 12.0. The van der Waals surface area contributed by atoms with Crippen molar-refractivity contribution in [3.8, 4) is 0 Å². The molecule has 21 heavy (non-hydrogen) atoms. The predicted octanol–water partition coefficient (Wildman–Crippen LogP) is 1.27. The van der Waals surface area contributed by atoms with Gasteiger partial charge in [-0.3, -0.25) is 9.69 Å². The topological polar surface area (TPSA) is 50.6 Å². The lowest BCUT2D eigenvalue weighted by atomic mass is 10.2. The summed E-state index contributed by atoms with van der Waals surface area (Å²) in [7, 11) is 3.67. The highest BCUT2D eigenvalue weighted by atomic mass is 16.5. The maximum Gasteiger partial charge on any atom is 0.249 e. The van der Waals surface area contributed by atoms with E-state index in [9.17, 15) is 4.79 Å². The maximum atomic E-state index is 12.0. The Morgan fingerprint density at radius 3 is 2.86 bits per heavy atom. The molecule has 2 heterocycles. The van der Waals surface area contributed by atoms with Gasteiger partial charge in [0.1, 0.15) is 12.4 Å². The van der Waals surface area contributed by atoms with Gasteiger partial charge in [-0.25, -0.2) is 4.98 Å². The van der Waals surface area contributed by atoms with Gasteiger partial charge in [0.25, 0.3) is 0 Å². The SMILES string of the molecule is COCC(=O)N1CCn2c(CN(C)C(C)C)cnc2C1C. The first kappa shape index (κ1) is 16.0. The Labute approximate surface area is 126 Å². The molecule has 1 aliphatic rings. The highest BCUT2D eigenvalue weighted by molar-refractivity contribution is 5.78. The van der Waals surface area contributed by atoms with Crippen LogP contribution >= 0.6 is 0 Å². The first-order chi connectivity index (χ1) is 9.95. The molecule has 1 atom stereocenters. The predicted molar refractivity (Wildman–Crippen MR) is 80.8 cm³/mol. The Bertz CT molecular complexity index is 498. The lowest BCUT2D eigenvalue weighted by molar-refractivity contribution is -0.138. The molecule has 1 aromatic rings. The summed E-state index contributed by atoms with van der Waals surface area (Å²) in [6.45, 7) is 8.92. The van der Waals surface area contributed by atoms with Crippen LogP contribution in [-0.2, 0) is 22.6 Å². The fourth-order valence-electron chi connectivity index (χ4n) is 2.67. The molecule has 0 radical (unpaired) electrons. The average molecular weight is 294 g/mol. The number of imidazole rings is 1. The van der Waals surface area contributed by atoms with Crippen LogP contribution in [0.25, 0.3) is 0 Å². The number of methoxy groups -OCH3 is 1.